The summed E-state index contributed by atoms with van der Waals surface area (Å²) in [6, 6.07) is 5.85. The molecule has 0 aromatic heterocycles. The monoisotopic (exact) mass is 295 g/mol. The predicted molar refractivity (Wildman–Crippen MR) is 75.2 cm³/mol. The maximum absolute atomic E-state index is 12.3. The fourth-order valence-electron chi connectivity index (χ4n) is 1.56. The molecule has 1 aromatic rings. The molecular formula is C14H18BrNO. The number of hydrogen-bond donors (Lipinski definition) is 0. The highest BCUT2D eigenvalue weighted by Crippen LogP contribution is 2.19. The first-order valence-corrected chi connectivity index (χ1v) is 6.44. The van der Waals surface area contributed by atoms with E-state index < -0.39 is 0 Å². The lowest BCUT2D eigenvalue weighted by Gasteiger charge is -2.25. The molecule has 0 N–H and O–H groups in total. The molecule has 0 unspecified atom stereocenters. The van der Waals surface area contributed by atoms with Crippen LogP contribution in [0.4, 0.5) is 0 Å². The fraction of sp³-hybridized carbons (Fsp3) is 0.357. The zero-order valence-corrected chi connectivity index (χ0v) is 12.1. The van der Waals surface area contributed by atoms with Gasteiger partial charge in [0, 0.05) is 22.6 Å². The molecular weight excluding hydrogens is 278 g/mol. The second kappa shape index (κ2) is 6.01. The third-order valence-corrected chi connectivity index (χ3v) is 3.48. The largest absolute Gasteiger partial charge is 0.333 e. The molecule has 3 heteroatoms. The highest BCUT2D eigenvalue weighted by molar-refractivity contribution is 9.10. The van der Waals surface area contributed by atoms with Gasteiger partial charge in [0.25, 0.3) is 5.91 Å². The van der Waals surface area contributed by atoms with Gasteiger partial charge in [-0.3, -0.25) is 4.79 Å². The second-order valence-corrected chi connectivity index (χ2v) is 5.16. The van der Waals surface area contributed by atoms with Crippen molar-refractivity contribution in [1.82, 2.24) is 4.90 Å². The maximum Gasteiger partial charge on any atom is 0.254 e. The molecule has 0 aliphatic rings. The number of rotatable bonds is 4. The van der Waals surface area contributed by atoms with Crippen LogP contribution in [-0.2, 0) is 0 Å². The van der Waals surface area contributed by atoms with Crippen LogP contribution in [-0.4, -0.2) is 23.4 Å². The molecule has 2 nitrogen and oxygen atoms in total. The summed E-state index contributed by atoms with van der Waals surface area (Å²) in [6.45, 7) is 10.3. The molecule has 0 saturated carbocycles. The van der Waals surface area contributed by atoms with Crippen LogP contribution in [0, 0.1) is 6.92 Å². The van der Waals surface area contributed by atoms with E-state index in [4.69, 9.17) is 0 Å². The van der Waals surface area contributed by atoms with Crippen LogP contribution in [0.15, 0.2) is 35.3 Å². The van der Waals surface area contributed by atoms with Gasteiger partial charge in [-0.05, 0) is 38.5 Å². The van der Waals surface area contributed by atoms with Gasteiger partial charge in [0.15, 0.2) is 0 Å². The molecule has 0 aliphatic carbocycles. The number of carbonyl (C=O) groups excluding carboxylic acids is 1. The fourth-order valence-corrected chi connectivity index (χ4v) is 1.94. The van der Waals surface area contributed by atoms with E-state index >= 15 is 0 Å². The lowest BCUT2D eigenvalue weighted by atomic mass is 10.1. The standard InChI is InChI=1S/C14H18BrNO/c1-5-8-16(10(2)3)14(17)12-7-6-11(4)13(15)9-12/h5-7,9-10H,1,8H2,2-4H3. The molecule has 0 heterocycles. The number of hydrogen-bond acceptors (Lipinski definition) is 1. The van der Waals surface area contributed by atoms with Crippen molar-refractivity contribution in [1.29, 1.82) is 0 Å². The van der Waals surface area contributed by atoms with E-state index in [1.807, 2.05) is 39.0 Å². The van der Waals surface area contributed by atoms with E-state index in [1.54, 1.807) is 11.0 Å². The summed E-state index contributed by atoms with van der Waals surface area (Å²) in [5, 5.41) is 0. The van der Waals surface area contributed by atoms with Crippen LogP contribution < -0.4 is 0 Å². The van der Waals surface area contributed by atoms with Crippen LogP contribution >= 0.6 is 15.9 Å². The van der Waals surface area contributed by atoms with Gasteiger partial charge in [-0.15, -0.1) is 6.58 Å². The number of benzene rings is 1. The molecule has 0 bridgehead atoms. The van der Waals surface area contributed by atoms with E-state index in [0.717, 1.165) is 10.0 Å². The third-order valence-electron chi connectivity index (χ3n) is 2.63. The number of amides is 1. The smallest absolute Gasteiger partial charge is 0.254 e. The number of carbonyl (C=O) groups is 1. The van der Waals surface area contributed by atoms with Crippen molar-refractivity contribution in [2.45, 2.75) is 26.8 Å². The van der Waals surface area contributed by atoms with Crippen molar-refractivity contribution < 1.29 is 4.79 Å². The topological polar surface area (TPSA) is 20.3 Å². The molecule has 0 spiro atoms. The Hall–Kier alpha value is -1.09. The predicted octanol–water partition coefficient (Wildman–Crippen LogP) is 3.79. The molecule has 1 amide bonds. The first-order chi connectivity index (χ1) is 7.97. The van der Waals surface area contributed by atoms with Gasteiger partial charge in [0.2, 0.25) is 0 Å². The van der Waals surface area contributed by atoms with Gasteiger partial charge < -0.3 is 4.90 Å². The lowest BCUT2D eigenvalue weighted by Crippen LogP contribution is -2.37. The Balaban J connectivity index is 3.00. The second-order valence-electron chi connectivity index (χ2n) is 4.30. The van der Waals surface area contributed by atoms with Gasteiger partial charge in [-0.25, -0.2) is 0 Å². The van der Waals surface area contributed by atoms with Crippen molar-refractivity contribution in [3.63, 3.8) is 0 Å². The van der Waals surface area contributed by atoms with E-state index in [-0.39, 0.29) is 11.9 Å². The van der Waals surface area contributed by atoms with Crippen LogP contribution in [0.3, 0.4) is 0 Å². The van der Waals surface area contributed by atoms with Gasteiger partial charge in [-0.2, -0.15) is 0 Å². The Kier molecular flexibility index (Phi) is 4.94. The summed E-state index contributed by atoms with van der Waals surface area (Å²) >= 11 is 3.45. The van der Waals surface area contributed by atoms with Crippen LogP contribution in [0.1, 0.15) is 29.8 Å². The first kappa shape index (κ1) is 14.0. The quantitative estimate of drug-likeness (QED) is 0.774. The molecule has 92 valence electrons. The van der Waals surface area contributed by atoms with Crippen molar-refractivity contribution >= 4 is 21.8 Å². The Labute approximate surface area is 111 Å². The van der Waals surface area contributed by atoms with Gasteiger partial charge >= 0.3 is 0 Å². The van der Waals surface area contributed by atoms with Crippen molar-refractivity contribution in [3.05, 3.63) is 46.5 Å². The first-order valence-electron chi connectivity index (χ1n) is 5.65. The normalized spacial score (nSPS) is 10.4. The van der Waals surface area contributed by atoms with Crippen LogP contribution in [0.25, 0.3) is 0 Å². The Morgan fingerprint density at radius 1 is 1.53 bits per heavy atom. The SMILES string of the molecule is C=CCN(C(=O)c1ccc(C)c(Br)c1)C(C)C. The number of nitrogens with zero attached hydrogens (tertiary/aromatic N) is 1. The minimum absolute atomic E-state index is 0.0422. The van der Waals surface area contributed by atoms with Crippen LogP contribution in [0.5, 0.6) is 0 Å². The van der Waals surface area contributed by atoms with Crippen molar-refractivity contribution in [2.24, 2.45) is 0 Å². The van der Waals surface area contributed by atoms with E-state index in [1.165, 1.54) is 0 Å². The molecule has 0 saturated heterocycles. The average molecular weight is 296 g/mol. The van der Waals surface area contributed by atoms with E-state index in [2.05, 4.69) is 22.5 Å². The Morgan fingerprint density at radius 3 is 2.65 bits per heavy atom. The summed E-state index contributed by atoms with van der Waals surface area (Å²) < 4.78 is 0.964. The zero-order valence-electron chi connectivity index (χ0n) is 10.5. The van der Waals surface area contributed by atoms with E-state index in [0.29, 0.717) is 12.1 Å². The molecule has 1 rings (SSSR count). The minimum atomic E-state index is 0.0422. The molecule has 1 aromatic carbocycles. The summed E-state index contributed by atoms with van der Waals surface area (Å²) in [7, 11) is 0. The molecule has 0 radical (unpaired) electrons. The number of aryl methyl sites for hydroxylation is 1. The van der Waals surface area contributed by atoms with E-state index in [9.17, 15) is 4.79 Å². The lowest BCUT2D eigenvalue weighted by molar-refractivity contribution is 0.0728. The Bertz CT molecular complexity index is 426. The van der Waals surface area contributed by atoms with Gasteiger partial charge in [-0.1, -0.05) is 28.1 Å². The molecule has 0 fully saturated rings. The van der Waals surface area contributed by atoms with Gasteiger partial charge in [0.05, 0.1) is 0 Å². The average Bonchev–Trinajstić information content (AvgIpc) is 2.28. The summed E-state index contributed by atoms with van der Waals surface area (Å²) in [6.07, 6.45) is 1.75. The minimum Gasteiger partial charge on any atom is -0.333 e. The molecule has 0 aliphatic heterocycles. The van der Waals surface area contributed by atoms with Gasteiger partial charge in [0.1, 0.15) is 0 Å². The summed E-state index contributed by atoms with van der Waals surface area (Å²) in [5.74, 6) is 0.0422. The molecule has 0 atom stereocenters. The third kappa shape index (κ3) is 3.43. The number of halogens is 1. The summed E-state index contributed by atoms with van der Waals surface area (Å²) in [4.78, 5) is 14.1. The summed E-state index contributed by atoms with van der Waals surface area (Å²) in [5.41, 5.74) is 1.83. The highest BCUT2D eigenvalue weighted by atomic mass is 79.9. The van der Waals surface area contributed by atoms with Crippen molar-refractivity contribution in [3.8, 4) is 0 Å². The molecule has 17 heavy (non-hydrogen) atoms. The maximum atomic E-state index is 12.3. The zero-order chi connectivity index (χ0) is 13.0. The van der Waals surface area contributed by atoms with Crippen LogP contribution in [0.2, 0.25) is 0 Å². The van der Waals surface area contributed by atoms with Crippen molar-refractivity contribution in [2.75, 3.05) is 6.54 Å². The highest BCUT2D eigenvalue weighted by Gasteiger charge is 2.17. The Morgan fingerprint density at radius 2 is 2.18 bits per heavy atom.